The highest BCUT2D eigenvalue weighted by Crippen LogP contribution is 2.36. The maximum atomic E-state index is 11.8. The van der Waals surface area contributed by atoms with Crippen LogP contribution < -0.4 is 5.48 Å². The number of hydroxylamine groups is 1. The summed E-state index contributed by atoms with van der Waals surface area (Å²) in [4.78, 5) is 4.41. The van der Waals surface area contributed by atoms with Gasteiger partial charge in [0.05, 0.1) is 0 Å². The van der Waals surface area contributed by atoms with Crippen LogP contribution in [0.1, 0.15) is 24.3 Å². The third-order valence-electron chi connectivity index (χ3n) is 2.89. The second-order valence-corrected chi connectivity index (χ2v) is 4.30. The molecule has 1 aliphatic carbocycles. The van der Waals surface area contributed by atoms with Crippen molar-refractivity contribution in [2.24, 2.45) is 0 Å². The van der Waals surface area contributed by atoms with Gasteiger partial charge in [0.15, 0.2) is 6.61 Å². The van der Waals surface area contributed by atoms with Gasteiger partial charge >= 0.3 is 6.18 Å². The quantitative estimate of drug-likeness (QED) is 0.823. The molecule has 0 unspecified atom stereocenters. The molecule has 0 saturated heterocycles. The molecule has 5 heteroatoms. The van der Waals surface area contributed by atoms with Gasteiger partial charge in [-0.3, -0.25) is 4.84 Å². The summed E-state index contributed by atoms with van der Waals surface area (Å²) in [5.74, 6) is 0.434. The van der Waals surface area contributed by atoms with Gasteiger partial charge in [0, 0.05) is 6.04 Å². The average Bonchev–Trinajstić information content (AvgIpc) is 2.21. The van der Waals surface area contributed by atoms with Crippen LogP contribution in [0.15, 0.2) is 30.3 Å². The Kier molecular flexibility index (Phi) is 3.69. The fourth-order valence-corrected chi connectivity index (χ4v) is 1.95. The van der Waals surface area contributed by atoms with Crippen molar-refractivity contribution in [3.8, 4) is 0 Å². The van der Waals surface area contributed by atoms with Crippen LogP contribution in [0.3, 0.4) is 0 Å². The van der Waals surface area contributed by atoms with E-state index in [2.05, 4.69) is 10.3 Å². The molecule has 2 rings (SSSR count). The van der Waals surface area contributed by atoms with Crippen molar-refractivity contribution in [3.05, 3.63) is 35.9 Å². The fourth-order valence-electron chi connectivity index (χ4n) is 1.95. The lowest BCUT2D eigenvalue weighted by Crippen LogP contribution is -2.41. The molecule has 1 saturated carbocycles. The zero-order chi connectivity index (χ0) is 12.3. The minimum absolute atomic E-state index is 0.0301. The molecule has 17 heavy (non-hydrogen) atoms. The minimum atomic E-state index is -4.27. The van der Waals surface area contributed by atoms with E-state index in [-0.39, 0.29) is 6.04 Å². The SMILES string of the molecule is FC(F)(F)CONC1CC(c2ccccc2)C1. The highest BCUT2D eigenvalue weighted by Gasteiger charge is 2.32. The van der Waals surface area contributed by atoms with Gasteiger partial charge in [-0.15, -0.1) is 0 Å². The Labute approximate surface area is 97.7 Å². The van der Waals surface area contributed by atoms with E-state index < -0.39 is 12.8 Å². The van der Waals surface area contributed by atoms with Crippen LogP contribution in [-0.2, 0) is 4.84 Å². The van der Waals surface area contributed by atoms with Crippen molar-refractivity contribution in [3.63, 3.8) is 0 Å². The lowest BCUT2D eigenvalue weighted by molar-refractivity contribution is -0.195. The smallest absolute Gasteiger partial charge is 0.292 e. The van der Waals surface area contributed by atoms with Crippen LogP contribution in [0, 0.1) is 0 Å². The highest BCUT2D eigenvalue weighted by atomic mass is 19.4. The predicted octanol–water partition coefficient (Wildman–Crippen LogP) is 3.02. The molecule has 1 fully saturated rings. The molecule has 1 aliphatic rings. The summed E-state index contributed by atoms with van der Waals surface area (Å²) in [7, 11) is 0. The summed E-state index contributed by atoms with van der Waals surface area (Å²) in [5.41, 5.74) is 3.69. The van der Waals surface area contributed by atoms with Crippen molar-refractivity contribution in [1.29, 1.82) is 0 Å². The molecule has 1 aromatic rings. The second kappa shape index (κ2) is 5.06. The summed E-state index contributed by atoms with van der Waals surface area (Å²) >= 11 is 0. The van der Waals surface area contributed by atoms with Crippen LogP contribution in [-0.4, -0.2) is 18.8 Å². The van der Waals surface area contributed by atoms with E-state index in [0.29, 0.717) is 5.92 Å². The first-order valence-electron chi connectivity index (χ1n) is 5.53. The number of nitrogens with one attached hydrogen (secondary N) is 1. The van der Waals surface area contributed by atoms with Crippen LogP contribution in [0.25, 0.3) is 0 Å². The largest absolute Gasteiger partial charge is 0.413 e. The molecule has 0 heterocycles. The Hall–Kier alpha value is -1.07. The molecule has 0 aliphatic heterocycles. The molecule has 0 spiro atoms. The molecular formula is C12H14F3NO. The summed E-state index contributed by atoms with van der Waals surface area (Å²) in [6.07, 6.45) is -2.63. The standard InChI is InChI=1S/C12H14F3NO/c13-12(14,15)8-17-16-11-6-10(7-11)9-4-2-1-3-5-9/h1-5,10-11,16H,6-8H2. The summed E-state index contributed by atoms with van der Waals surface area (Å²) in [5, 5.41) is 0. The van der Waals surface area contributed by atoms with E-state index in [1.807, 2.05) is 30.3 Å². The van der Waals surface area contributed by atoms with E-state index in [1.165, 1.54) is 5.56 Å². The Bertz CT molecular complexity index is 347. The molecule has 1 N–H and O–H groups in total. The van der Waals surface area contributed by atoms with Crippen molar-refractivity contribution < 1.29 is 18.0 Å². The minimum Gasteiger partial charge on any atom is -0.292 e. The number of benzene rings is 1. The van der Waals surface area contributed by atoms with E-state index in [4.69, 9.17) is 0 Å². The summed E-state index contributed by atoms with van der Waals surface area (Å²) in [6, 6.07) is 9.99. The Morgan fingerprint density at radius 1 is 1.18 bits per heavy atom. The van der Waals surface area contributed by atoms with Crippen LogP contribution in [0.4, 0.5) is 13.2 Å². The monoisotopic (exact) mass is 245 g/mol. The van der Waals surface area contributed by atoms with Crippen molar-refractivity contribution in [2.75, 3.05) is 6.61 Å². The van der Waals surface area contributed by atoms with E-state index in [1.54, 1.807) is 0 Å². The molecule has 0 aromatic heterocycles. The molecule has 1 aromatic carbocycles. The van der Waals surface area contributed by atoms with Crippen molar-refractivity contribution >= 4 is 0 Å². The Balaban J connectivity index is 1.66. The van der Waals surface area contributed by atoms with Crippen molar-refractivity contribution in [2.45, 2.75) is 31.0 Å². The van der Waals surface area contributed by atoms with Gasteiger partial charge in [0.1, 0.15) is 0 Å². The van der Waals surface area contributed by atoms with Gasteiger partial charge in [0.2, 0.25) is 0 Å². The predicted molar refractivity (Wildman–Crippen MR) is 57.3 cm³/mol. The fraction of sp³-hybridized carbons (Fsp3) is 0.500. The summed E-state index contributed by atoms with van der Waals surface area (Å²) in [6.45, 7) is -1.24. The van der Waals surface area contributed by atoms with Gasteiger partial charge in [0.25, 0.3) is 0 Å². The average molecular weight is 245 g/mol. The molecule has 0 amide bonds. The second-order valence-electron chi connectivity index (χ2n) is 4.30. The topological polar surface area (TPSA) is 21.3 Å². The molecule has 94 valence electrons. The van der Waals surface area contributed by atoms with Gasteiger partial charge < -0.3 is 0 Å². The number of alkyl halides is 3. The first kappa shape index (κ1) is 12.4. The zero-order valence-corrected chi connectivity index (χ0v) is 9.20. The number of rotatable bonds is 4. The maximum absolute atomic E-state index is 11.8. The van der Waals surface area contributed by atoms with Gasteiger partial charge in [-0.1, -0.05) is 30.3 Å². The molecule has 0 bridgehead atoms. The lowest BCUT2D eigenvalue weighted by atomic mass is 9.76. The molecular weight excluding hydrogens is 231 g/mol. The lowest BCUT2D eigenvalue weighted by Gasteiger charge is -2.35. The van der Waals surface area contributed by atoms with Crippen LogP contribution in [0.5, 0.6) is 0 Å². The van der Waals surface area contributed by atoms with Crippen LogP contribution >= 0.6 is 0 Å². The highest BCUT2D eigenvalue weighted by molar-refractivity contribution is 5.22. The van der Waals surface area contributed by atoms with Crippen LogP contribution in [0.2, 0.25) is 0 Å². The number of hydrogen-bond acceptors (Lipinski definition) is 2. The third kappa shape index (κ3) is 3.71. The van der Waals surface area contributed by atoms with Gasteiger partial charge in [-0.25, -0.2) is 0 Å². The summed E-state index contributed by atoms with van der Waals surface area (Å²) < 4.78 is 35.4. The van der Waals surface area contributed by atoms with Gasteiger partial charge in [-0.2, -0.15) is 18.7 Å². The van der Waals surface area contributed by atoms with Crippen molar-refractivity contribution in [1.82, 2.24) is 5.48 Å². The van der Waals surface area contributed by atoms with E-state index in [9.17, 15) is 13.2 Å². The number of hydrogen-bond donors (Lipinski definition) is 1. The first-order chi connectivity index (χ1) is 8.04. The van der Waals surface area contributed by atoms with E-state index in [0.717, 1.165) is 12.8 Å². The Morgan fingerprint density at radius 3 is 2.41 bits per heavy atom. The molecule has 0 radical (unpaired) electrons. The van der Waals surface area contributed by atoms with E-state index >= 15 is 0 Å². The Morgan fingerprint density at radius 2 is 1.82 bits per heavy atom. The first-order valence-corrected chi connectivity index (χ1v) is 5.53. The molecule has 2 nitrogen and oxygen atoms in total. The normalized spacial score (nSPS) is 24.4. The maximum Gasteiger partial charge on any atom is 0.413 e. The third-order valence-corrected chi connectivity index (χ3v) is 2.89. The zero-order valence-electron chi connectivity index (χ0n) is 9.20. The number of halogens is 3. The molecule has 0 atom stereocenters. The van der Waals surface area contributed by atoms with Gasteiger partial charge in [-0.05, 0) is 24.3 Å².